The molecule has 0 heterocycles. The Morgan fingerprint density at radius 1 is 1.47 bits per heavy atom. The van der Waals surface area contributed by atoms with Gasteiger partial charge in [0.1, 0.15) is 0 Å². The molecule has 2 heteroatoms. The van der Waals surface area contributed by atoms with Crippen molar-refractivity contribution in [2.75, 3.05) is 7.05 Å². The van der Waals surface area contributed by atoms with E-state index in [0.29, 0.717) is 6.04 Å². The van der Waals surface area contributed by atoms with Gasteiger partial charge in [0, 0.05) is 16.9 Å². The molecule has 80 valence electrons. The third-order valence-corrected chi connectivity index (χ3v) is 3.24. The summed E-state index contributed by atoms with van der Waals surface area (Å²) in [6, 6.07) is 8.77. The van der Waals surface area contributed by atoms with Crippen LogP contribution in [0.25, 0.3) is 0 Å². The molecule has 0 bridgehead atoms. The quantitative estimate of drug-likeness (QED) is 0.808. The minimum atomic E-state index is 0.458. The summed E-state index contributed by atoms with van der Waals surface area (Å²) >= 11 is 3.55. The zero-order valence-corrected chi connectivity index (χ0v) is 10.5. The van der Waals surface area contributed by atoms with Gasteiger partial charge in [-0.1, -0.05) is 34.1 Å². The zero-order chi connectivity index (χ0) is 11.1. The first-order valence-corrected chi connectivity index (χ1v) is 5.91. The number of terminal acetylenes is 1. The van der Waals surface area contributed by atoms with Gasteiger partial charge in [-0.05, 0) is 31.5 Å². The predicted octanol–water partition coefficient (Wildman–Crippen LogP) is 2.99. The fraction of sp³-hybridized carbons (Fsp3) is 0.385. The molecule has 0 fully saturated rings. The van der Waals surface area contributed by atoms with E-state index in [2.05, 4.69) is 45.4 Å². The van der Waals surface area contributed by atoms with E-state index in [1.807, 2.05) is 13.1 Å². The molecule has 0 spiro atoms. The van der Waals surface area contributed by atoms with E-state index in [4.69, 9.17) is 6.42 Å². The van der Waals surface area contributed by atoms with Gasteiger partial charge >= 0.3 is 0 Å². The lowest BCUT2D eigenvalue weighted by molar-refractivity contribution is 0.527. The van der Waals surface area contributed by atoms with Crippen LogP contribution in [-0.4, -0.2) is 13.1 Å². The SMILES string of the molecule is C#CCCC(Cc1ccccc1Br)NC. The molecule has 0 saturated carbocycles. The lowest BCUT2D eigenvalue weighted by Crippen LogP contribution is -2.27. The molecule has 0 aliphatic rings. The second kappa shape index (κ2) is 6.66. The van der Waals surface area contributed by atoms with E-state index in [1.165, 1.54) is 10.0 Å². The summed E-state index contributed by atoms with van der Waals surface area (Å²) in [6.07, 6.45) is 8.13. The smallest absolute Gasteiger partial charge is 0.0207 e. The van der Waals surface area contributed by atoms with Crippen molar-refractivity contribution in [1.82, 2.24) is 5.32 Å². The zero-order valence-electron chi connectivity index (χ0n) is 8.96. The minimum Gasteiger partial charge on any atom is -0.317 e. The van der Waals surface area contributed by atoms with E-state index in [0.717, 1.165) is 19.3 Å². The van der Waals surface area contributed by atoms with Crippen LogP contribution in [0.1, 0.15) is 18.4 Å². The molecule has 1 unspecified atom stereocenters. The Morgan fingerprint density at radius 2 is 2.20 bits per heavy atom. The maximum Gasteiger partial charge on any atom is 0.0207 e. The first-order chi connectivity index (χ1) is 7.27. The molecular formula is C13H16BrN. The van der Waals surface area contributed by atoms with Crippen molar-refractivity contribution in [3.05, 3.63) is 34.3 Å². The highest BCUT2D eigenvalue weighted by Gasteiger charge is 2.08. The molecule has 1 rings (SSSR count). The van der Waals surface area contributed by atoms with Crippen molar-refractivity contribution in [3.8, 4) is 12.3 Å². The number of likely N-dealkylation sites (N-methyl/N-ethyl adjacent to an activating group) is 1. The largest absolute Gasteiger partial charge is 0.317 e. The van der Waals surface area contributed by atoms with Crippen molar-refractivity contribution in [2.45, 2.75) is 25.3 Å². The van der Waals surface area contributed by atoms with Gasteiger partial charge < -0.3 is 5.32 Å². The van der Waals surface area contributed by atoms with E-state index in [-0.39, 0.29) is 0 Å². The molecule has 0 radical (unpaired) electrons. The molecule has 0 aromatic heterocycles. The van der Waals surface area contributed by atoms with Gasteiger partial charge in [-0.15, -0.1) is 12.3 Å². The van der Waals surface area contributed by atoms with Crippen molar-refractivity contribution >= 4 is 15.9 Å². The van der Waals surface area contributed by atoms with Crippen LogP contribution in [0.3, 0.4) is 0 Å². The molecule has 1 atom stereocenters. The number of rotatable bonds is 5. The van der Waals surface area contributed by atoms with Gasteiger partial charge in [0.2, 0.25) is 0 Å². The Balaban J connectivity index is 2.59. The second-order valence-corrected chi connectivity index (χ2v) is 4.38. The molecule has 1 N–H and O–H groups in total. The lowest BCUT2D eigenvalue weighted by Gasteiger charge is -2.15. The highest BCUT2D eigenvalue weighted by Crippen LogP contribution is 2.18. The van der Waals surface area contributed by atoms with Crippen LogP contribution in [0.5, 0.6) is 0 Å². The number of nitrogens with one attached hydrogen (secondary N) is 1. The standard InChI is InChI=1S/C13H16BrN/c1-3-4-8-12(15-2)10-11-7-5-6-9-13(11)14/h1,5-7,9,12,15H,4,8,10H2,2H3. The average molecular weight is 266 g/mol. The topological polar surface area (TPSA) is 12.0 Å². The summed E-state index contributed by atoms with van der Waals surface area (Å²) in [7, 11) is 1.98. The average Bonchev–Trinajstić information content (AvgIpc) is 2.26. The van der Waals surface area contributed by atoms with E-state index >= 15 is 0 Å². The molecule has 1 aromatic rings. The van der Waals surface area contributed by atoms with Gasteiger partial charge in [-0.3, -0.25) is 0 Å². The summed E-state index contributed by atoms with van der Waals surface area (Å²) in [6.45, 7) is 0. The van der Waals surface area contributed by atoms with Crippen molar-refractivity contribution in [1.29, 1.82) is 0 Å². The maximum atomic E-state index is 5.27. The third-order valence-electron chi connectivity index (χ3n) is 2.47. The van der Waals surface area contributed by atoms with Crippen LogP contribution in [0, 0.1) is 12.3 Å². The minimum absolute atomic E-state index is 0.458. The highest BCUT2D eigenvalue weighted by atomic mass is 79.9. The molecular weight excluding hydrogens is 250 g/mol. The number of halogens is 1. The van der Waals surface area contributed by atoms with E-state index in [1.54, 1.807) is 0 Å². The molecule has 0 aliphatic carbocycles. The second-order valence-electron chi connectivity index (χ2n) is 3.52. The van der Waals surface area contributed by atoms with Gasteiger partial charge in [0.05, 0.1) is 0 Å². The molecule has 1 aromatic carbocycles. The van der Waals surface area contributed by atoms with E-state index in [9.17, 15) is 0 Å². The lowest BCUT2D eigenvalue weighted by atomic mass is 10.0. The summed E-state index contributed by atoms with van der Waals surface area (Å²) in [5.74, 6) is 2.68. The van der Waals surface area contributed by atoms with Crippen molar-refractivity contribution < 1.29 is 0 Å². The Bertz CT molecular complexity index is 341. The van der Waals surface area contributed by atoms with Crippen LogP contribution in [0.15, 0.2) is 28.7 Å². The predicted molar refractivity (Wildman–Crippen MR) is 68.8 cm³/mol. The summed E-state index contributed by atoms with van der Waals surface area (Å²) < 4.78 is 1.17. The molecule has 0 saturated heterocycles. The van der Waals surface area contributed by atoms with Crippen LogP contribution >= 0.6 is 15.9 Å². The Hall–Kier alpha value is -0.780. The van der Waals surface area contributed by atoms with Crippen molar-refractivity contribution in [2.24, 2.45) is 0 Å². The summed E-state index contributed by atoms with van der Waals surface area (Å²) in [5.41, 5.74) is 1.33. The summed E-state index contributed by atoms with van der Waals surface area (Å²) in [5, 5.41) is 3.30. The highest BCUT2D eigenvalue weighted by molar-refractivity contribution is 9.10. The molecule has 1 nitrogen and oxygen atoms in total. The van der Waals surface area contributed by atoms with Crippen LogP contribution in [-0.2, 0) is 6.42 Å². The number of hydrogen-bond donors (Lipinski definition) is 1. The molecule has 0 amide bonds. The fourth-order valence-corrected chi connectivity index (χ4v) is 1.98. The number of benzene rings is 1. The van der Waals surface area contributed by atoms with Gasteiger partial charge in [0.25, 0.3) is 0 Å². The number of hydrogen-bond acceptors (Lipinski definition) is 1. The Labute approximate surface area is 100 Å². The fourth-order valence-electron chi connectivity index (χ4n) is 1.54. The third kappa shape index (κ3) is 4.07. The molecule has 15 heavy (non-hydrogen) atoms. The van der Waals surface area contributed by atoms with E-state index < -0.39 is 0 Å². The maximum absolute atomic E-state index is 5.27. The van der Waals surface area contributed by atoms with Crippen LogP contribution in [0.2, 0.25) is 0 Å². The van der Waals surface area contributed by atoms with Gasteiger partial charge in [-0.2, -0.15) is 0 Å². The first-order valence-electron chi connectivity index (χ1n) is 5.12. The summed E-state index contributed by atoms with van der Waals surface area (Å²) in [4.78, 5) is 0. The Kier molecular flexibility index (Phi) is 5.45. The molecule has 0 aliphatic heterocycles. The normalized spacial score (nSPS) is 12.1. The Morgan fingerprint density at radius 3 is 2.80 bits per heavy atom. The van der Waals surface area contributed by atoms with Gasteiger partial charge in [0.15, 0.2) is 0 Å². The first kappa shape index (κ1) is 12.3. The monoisotopic (exact) mass is 265 g/mol. The van der Waals surface area contributed by atoms with Crippen LogP contribution < -0.4 is 5.32 Å². The van der Waals surface area contributed by atoms with Crippen molar-refractivity contribution in [3.63, 3.8) is 0 Å². The van der Waals surface area contributed by atoms with Gasteiger partial charge in [-0.25, -0.2) is 0 Å². The van der Waals surface area contributed by atoms with Crippen LogP contribution in [0.4, 0.5) is 0 Å².